The minimum Gasteiger partial charge on any atom is -0.465 e. The molecule has 0 saturated carbocycles. The molecule has 2 aromatic carbocycles. The number of sulfonamides is 1. The molecule has 0 aromatic heterocycles. The molecule has 1 aliphatic rings. The molecule has 1 amide bonds. The van der Waals surface area contributed by atoms with Gasteiger partial charge in [0.25, 0.3) is 5.91 Å². The average Bonchev–Trinajstić information content (AvgIpc) is 2.74. The number of anilines is 1. The molecule has 1 saturated heterocycles. The van der Waals surface area contributed by atoms with E-state index in [0.29, 0.717) is 29.9 Å². The molecule has 0 spiro atoms. The second kappa shape index (κ2) is 9.19. The van der Waals surface area contributed by atoms with E-state index in [2.05, 4.69) is 5.32 Å². The molecule has 0 radical (unpaired) electrons. The van der Waals surface area contributed by atoms with Gasteiger partial charge in [0.2, 0.25) is 10.0 Å². The maximum atomic E-state index is 12.5. The van der Waals surface area contributed by atoms with Crippen molar-refractivity contribution in [2.24, 2.45) is 0 Å². The predicted molar refractivity (Wildman–Crippen MR) is 110 cm³/mol. The van der Waals surface area contributed by atoms with Crippen LogP contribution in [0.2, 0.25) is 0 Å². The van der Waals surface area contributed by atoms with Gasteiger partial charge in [-0.05, 0) is 42.7 Å². The smallest absolute Gasteiger partial charge is 0.339 e. The van der Waals surface area contributed by atoms with Crippen LogP contribution in [0.1, 0.15) is 45.5 Å². The fourth-order valence-electron chi connectivity index (χ4n) is 3.27. The van der Waals surface area contributed by atoms with Crippen LogP contribution in [-0.4, -0.2) is 44.8 Å². The van der Waals surface area contributed by atoms with E-state index in [9.17, 15) is 18.0 Å². The molecule has 0 bridgehead atoms. The molecule has 1 fully saturated rings. The van der Waals surface area contributed by atoms with Crippen molar-refractivity contribution in [3.63, 3.8) is 0 Å². The summed E-state index contributed by atoms with van der Waals surface area (Å²) in [5.74, 6) is -1.02. The van der Waals surface area contributed by atoms with Crippen molar-refractivity contribution in [1.29, 1.82) is 0 Å². The number of nitrogens with one attached hydrogen (secondary N) is 1. The number of piperidine rings is 1. The fraction of sp³-hybridized carbons (Fsp3) is 0.333. The van der Waals surface area contributed by atoms with Gasteiger partial charge >= 0.3 is 5.97 Å². The predicted octanol–water partition coefficient (Wildman–Crippen LogP) is 3.04. The summed E-state index contributed by atoms with van der Waals surface area (Å²) in [6.07, 6.45) is 2.85. The Morgan fingerprint density at radius 3 is 2.31 bits per heavy atom. The van der Waals surface area contributed by atoms with Crippen LogP contribution in [0.5, 0.6) is 0 Å². The molecular weight excluding hydrogens is 392 g/mol. The number of carbonyl (C=O) groups is 2. The molecule has 7 nitrogen and oxygen atoms in total. The number of esters is 1. The number of methoxy groups -OCH3 is 1. The zero-order valence-electron chi connectivity index (χ0n) is 16.3. The number of hydrogen-bond acceptors (Lipinski definition) is 5. The Kier molecular flexibility index (Phi) is 6.66. The third-order valence-corrected chi connectivity index (χ3v) is 6.70. The van der Waals surface area contributed by atoms with E-state index < -0.39 is 21.9 Å². The van der Waals surface area contributed by atoms with Gasteiger partial charge < -0.3 is 10.1 Å². The van der Waals surface area contributed by atoms with Crippen LogP contribution in [0.4, 0.5) is 5.69 Å². The Hall–Kier alpha value is -2.71. The standard InChI is InChI=1S/C21H24N2O5S/c1-28-21(25)18-7-3-4-8-19(18)22-20(24)17-11-9-16(10-12-17)15-29(26,27)23-13-5-2-6-14-23/h3-4,7-12H,2,5-6,13-15H2,1H3,(H,22,24). The average molecular weight is 416 g/mol. The Bertz CT molecular complexity index is 980. The lowest BCUT2D eigenvalue weighted by Crippen LogP contribution is -2.36. The summed E-state index contributed by atoms with van der Waals surface area (Å²) in [7, 11) is -2.08. The molecule has 29 heavy (non-hydrogen) atoms. The summed E-state index contributed by atoms with van der Waals surface area (Å²) in [5.41, 5.74) is 1.60. The van der Waals surface area contributed by atoms with E-state index in [4.69, 9.17) is 4.74 Å². The van der Waals surface area contributed by atoms with E-state index >= 15 is 0 Å². The first kappa shape index (κ1) is 21.0. The number of benzene rings is 2. The van der Waals surface area contributed by atoms with Gasteiger partial charge in [-0.1, -0.05) is 30.7 Å². The number of amides is 1. The maximum Gasteiger partial charge on any atom is 0.339 e. The molecular formula is C21H24N2O5S. The van der Waals surface area contributed by atoms with Crippen LogP contribution in [0.15, 0.2) is 48.5 Å². The van der Waals surface area contributed by atoms with Crippen molar-refractivity contribution in [3.8, 4) is 0 Å². The molecule has 1 N–H and O–H groups in total. The van der Waals surface area contributed by atoms with E-state index in [1.165, 1.54) is 7.11 Å². The molecule has 3 rings (SSSR count). The topological polar surface area (TPSA) is 92.8 Å². The van der Waals surface area contributed by atoms with Gasteiger partial charge in [-0.3, -0.25) is 4.79 Å². The first-order chi connectivity index (χ1) is 13.9. The van der Waals surface area contributed by atoms with Gasteiger partial charge in [-0.15, -0.1) is 0 Å². The summed E-state index contributed by atoms with van der Waals surface area (Å²) >= 11 is 0. The van der Waals surface area contributed by atoms with Crippen LogP contribution in [0.25, 0.3) is 0 Å². The van der Waals surface area contributed by atoms with Gasteiger partial charge in [0, 0.05) is 18.7 Å². The van der Waals surface area contributed by atoms with E-state index in [1.807, 2.05) is 0 Å². The zero-order valence-corrected chi connectivity index (χ0v) is 17.1. The van der Waals surface area contributed by atoms with E-state index in [1.54, 1.807) is 52.8 Å². The fourth-order valence-corrected chi connectivity index (χ4v) is 4.88. The molecule has 1 aliphatic heterocycles. The summed E-state index contributed by atoms with van der Waals surface area (Å²) in [6, 6.07) is 13.0. The van der Waals surface area contributed by atoms with Crippen LogP contribution >= 0.6 is 0 Å². The van der Waals surface area contributed by atoms with Crippen molar-refractivity contribution in [2.45, 2.75) is 25.0 Å². The normalized spacial score (nSPS) is 14.9. The van der Waals surface area contributed by atoms with Crippen LogP contribution in [0.3, 0.4) is 0 Å². The van der Waals surface area contributed by atoms with Gasteiger partial charge in [0.15, 0.2) is 0 Å². The van der Waals surface area contributed by atoms with Gasteiger partial charge in [-0.2, -0.15) is 0 Å². The zero-order chi connectivity index (χ0) is 20.9. The Morgan fingerprint density at radius 2 is 1.66 bits per heavy atom. The molecule has 0 aliphatic carbocycles. The summed E-state index contributed by atoms with van der Waals surface area (Å²) < 4.78 is 31.4. The van der Waals surface area contributed by atoms with Crippen molar-refractivity contribution < 1.29 is 22.7 Å². The van der Waals surface area contributed by atoms with Crippen LogP contribution in [0, 0.1) is 0 Å². The third kappa shape index (κ3) is 5.21. The van der Waals surface area contributed by atoms with Crippen LogP contribution in [-0.2, 0) is 20.5 Å². The number of carbonyl (C=O) groups excluding carboxylic acids is 2. The third-order valence-electron chi connectivity index (χ3n) is 4.85. The molecule has 8 heteroatoms. The van der Waals surface area contributed by atoms with Gasteiger partial charge in [0.1, 0.15) is 0 Å². The van der Waals surface area contributed by atoms with Crippen molar-refractivity contribution >= 4 is 27.6 Å². The number of para-hydroxylation sites is 1. The first-order valence-corrected chi connectivity index (χ1v) is 11.1. The Balaban J connectivity index is 1.69. The number of rotatable bonds is 6. The highest BCUT2D eigenvalue weighted by Crippen LogP contribution is 2.19. The Morgan fingerprint density at radius 1 is 1.00 bits per heavy atom. The number of ether oxygens (including phenoxy) is 1. The molecule has 1 heterocycles. The van der Waals surface area contributed by atoms with Crippen molar-refractivity contribution in [2.75, 3.05) is 25.5 Å². The highest BCUT2D eigenvalue weighted by molar-refractivity contribution is 7.88. The molecule has 0 unspecified atom stereocenters. The van der Waals surface area contributed by atoms with Crippen molar-refractivity contribution in [1.82, 2.24) is 4.31 Å². The van der Waals surface area contributed by atoms with Gasteiger partial charge in [-0.25, -0.2) is 17.5 Å². The Labute approximate surface area is 170 Å². The first-order valence-electron chi connectivity index (χ1n) is 9.46. The second-order valence-electron chi connectivity index (χ2n) is 6.90. The largest absolute Gasteiger partial charge is 0.465 e. The molecule has 154 valence electrons. The summed E-state index contributed by atoms with van der Waals surface area (Å²) in [6.45, 7) is 1.14. The lowest BCUT2D eigenvalue weighted by Gasteiger charge is -2.25. The molecule has 0 atom stereocenters. The van der Waals surface area contributed by atoms with Crippen LogP contribution < -0.4 is 5.32 Å². The van der Waals surface area contributed by atoms with E-state index in [0.717, 1.165) is 19.3 Å². The number of hydrogen-bond donors (Lipinski definition) is 1. The maximum absolute atomic E-state index is 12.5. The number of nitrogens with zero attached hydrogens (tertiary/aromatic N) is 1. The second-order valence-corrected chi connectivity index (χ2v) is 8.87. The lowest BCUT2D eigenvalue weighted by atomic mass is 10.1. The quantitative estimate of drug-likeness (QED) is 0.731. The highest BCUT2D eigenvalue weighted by atomic mass is 32.2. The monoisotopic (exact) mass is 416 g/mol. The molecule has 2 aromatic rings. The van der Waals surface area contributed by atoms with E-state index in [-0.39, 0.29) is 11.3 Å². The lowest BCUT2D eigenvalue weighted by molar-refractivity contribution is 0.0602. The minimum atomic E-state index is -3.35. The highest BCUT2D eigenvalue weighted by Gasteiger charge is 2.24. The minimum absolute atomic E-state index is 0.0833. The summed E-state index contributed by atoms with van der Waals surface area (Å²) in [5, 5.41) is 2.70. The summed E-state index contributed by atoms with van der Waals surface area (Å²) in [4.78, 5) is 24.4. The van der Waals surface area contributed by atoms with Gasteiger partial charge in [0.05, 0.1) is 24.1 Å². The SMILES string of the molecule is COC(=O)c1ccccc1NC(=O)c1ccc(CS(=O)(=O)N2CCCCC2)cc1. The van der Waals surface area contributed by atoms with Crippen molar-refractivity contribution in [3.05, 3.63) is 65.2 Å².